The van der Waals surface area contributed by atoms with E-state index in [0.717, 1.165) is 71.5 Å². The maximum atomic E-state index is 12.7. The Morgan fingerprint density at radius 1 is 1.00 bits per heavy atom. The number of amides is 1. The van der Waals surface area contributed by atoms with E-state index in [1.807, 2.05) is 0 Å². The van der Waals surface area contributed by atoms with Gasteiger partial charge in [0.2, 0.25) is 5.91 Å². The van der Waals surface area contributed by atoms with Crippen molar-refractivity contribution in [1.82, 2.24) is 15.1 Å². The number of hydrogen-bond donors (Lipinski definition) is 1. The molecule has 1 N–H and O–H groups in total. The number of nitrogens with one attached hydrogen (secondary N) is 1. The van der Waals surface area contributed by atoms with Gasteiger partial charge in [-0.15, -0.1) is 24.8 Å². The lowest BCUT2D eigenvalue weighted by Gasteiger charge is -2.36. The molecule has 6 heteroatoms. The minimum atomic E-state index is 0. The first-order valence-corrected chi connectivity index (χ1v) is 9.09. The number of carbonyl (C=O) groups excluding carboxylic acids is 1. The molecule has 0 saturated carbocycles. The Bertz CT molecular complexity index is 485. The number of hydrogen-bond acceptors (Lipinski definition) is 3. The van der Waals surface area contributed by atoms with Crippen molar-refractivity contribution in [3.05, 3.63) is 35.9 Å². The van der Waals surface area contributed by atoms with Gasteiger partial charge in [0.15, 0.2) is 0 Å². The minimum absolute atomic E-state index is 0. The van der Waals surface area contributed by atoms with Crippen molar-refractivity contribution in [2.75, 3.05) is 45.8 Å². The second kappa shape index (κ2) is 11.7. The predicted octanol–water partition coefficient (Wildman–Crippen LogP) is 2.61. The van der Waals surface area contributed by atoms with Crippen LogP contribution in [0.2, 0.25) is 0 Å². The third-order valence-electron chi connectivity index (χ3n) is 5.17. The molecule has 1 unspecified atom stereocenters. The number of benzene rings is 1. The van der Waals surface area contributed by atoms with Crippen molar-refractivity contribution in [3.63, 3.8) is 0 Å². The van der Waals surface area contributed by atoms with Gasteiger partial charge in [0.25, 0.3) is 0 Å². The Morgan fingerprint density at radius 2 is 1.72 bits per heavy atom. The van der Waals surface area contributed by atoms with E-state index in [0.29, 0.717) is 5.91 Å². The van der Waals surface area contributed by atoms with Crippen LogP contribution in [0.1, 0.15) is 24.8 Å². The average molecular weight is 388 g/mol. The molecular weight excluding hydrogens is 357 g/mol. The third kappa shape index (κ3) is 6.78. The maximum absolute atomic E-state index is 12.7. The molecule has 0 aromatic heterocycles. The van der Waals surface area contributed by atoms with Crippen molar-refractivity contribution in [1.29, 1.82) is 0 Å². The number of nitrogens with zero attached hydrogens (tertiary/aromatic N) is 2. The molecule has 2 fully saturated rings. The summed E-state index contributed by atoms with van der Waals surface area (Å²) in [6.07, 6.45) is 4.30. The van der Waals surface area contributed by atoms with Gasteiger partial charge in [-0.1, -0.05) is 30.3 Å². The van der Waals surface area contributed by atoms with Crippen LogP contribution in [0.5, 0.6) is 0 Å². The number of piperazine rings is 1. The van der Waals surface area contributed by atoms with Gasteiger partial charge in [-0.2, -0.15) is 0 Å². The molecular formula is C19H31Cl2N3O. The highest BCUT2D eigenvalue weighted by Crippen LogP contribution is 2.18. The van der Waals surface area contributed by atoms with Crippen molar-refractivity contribution in [2.45, 2.75) is 25.7 Å². The van der Waals surface area contributed by atoms with Crippen molar-refractivity contribution in [3.8, 4) is 0 Å². The SMILES string of the molecule is Cl.Cl.O=C(C1CCCNCC1)N1CCN(CCc2ccccc2)CC1. The summed E-state index contributed by atoms with van der Waals surface area (Å²) in [7, 11) is 0. The van der Waals surface area contributed by atoms with Gasteiger partial charge in [-0.3, -0.25) is 9.69 Å². The lowest BCUT2D eigenvalue weighted by molar-refractivity contribution is -0.137. The van der Waals surface area contributed by atoms with E-state index in [2.05, 4.69) is 45.4 Å². The molecule has 2 aliphatic rings. The molecule has 0 aliphatic carbocycles. The summed E-state index contributed by atoms with van der Waals surface area (Å²) >= 11 is 0. The Labute approximate surface area is 164 Å². The summed E-state index contributed by atoms with van der Waals surface area (Å²) < 4.78 is 0. The first-order chi connectivity index (χ1) is 11.3. The molecule has 1 aromatic rings. The molecule has 0 bridgehead atoms. The minimum Gasteiger partial charge on any atom is -0.340 e. The fourth-order valence-electron chi connectivity index (χ4n) is 3.65. The van der Waals surface area contributed by atoms with Crippen LogP contribution in [-0.2, 0) is 11.2 Å². The van der Waals surface area contributed by atoms with Crippen LogP contribution in [0.4, 0.5) is 0 Å². The number of halogens is 2. The Morgan fingerprint density at radius 3 is 2.44 bits per heavy atom. The monoisotopic (exact) mass is 387 g/mol. The predicted molar refractivity (Wildman–Crippen MR) is 108 cm³/mol. The van der Waals surface area contributed by atoms with Crippen LogP contribution in [0, 0.1) is 5.92 Å². The number of rotatable bonds is 4. The second-order valence-corrected chi connectivity index (χ2v) is 6.78. The van der Waals surface area contributed by atoms with Gasteiger partial charge >= 0.3 is 0 Å². The molecule has 2 aliphatic heterocycles. The van der Waals surface area contributed by atoms with Gasteiger partial charge in [-0.25, -0.2) is 0 Å². The first-order valence-electron chi connectivity index (χ1n) is 9.09. The normalized spacial score (nSPS) is 21.6. The van der Waals surface area contributed by atoms with E-state index in [1.54, 1.807) is 0 Å². The molecule has 1 atom stereocenters. The standard InChI is InChI=1S/C19H29N3O.2ClH/c23-19(18-7-4-10-20-11-8-18)22-15-13-21(14-16-22)12-9-17-5-2-1-3-6-17;;/h1-3,5-6,18,20H,4,7-16H2;2*1H. The van der Waals surface area contributed by atoms with Crippen molar-refractivity contribution >= 4 is 30.7 Å². The molecule has 2 heterocycles. The zero-order valence-corrected chi connectivity index (χ0v) is 16.5. The summed E-state index contributed by atoms with van der Waals surface area (Å²) in [5.74, 6) is 0.650. The fourth-order valence-corrected chi connectivity index (χ4v) is 3.65. The molecule has 1 aromatic carbocycles. The molecule has 1 amide bonds. The molecule has 3 rings (SSSR count). The third-order valence-corrected chi connectivity index (χ3v) is 5.17. The second-order valence-electron chi connectivity index (χ2n) is 6.78. The molecule has 25 heavy (non-hydrogen) atoms. The summed E-state index contributed by atoms with van der Waals surface area (Å²) in [6, 6.07) is 10.7. The van der Waals surface area contributed by atoms with Gasteiger partial charge < -0.3 is 10.2 Å². The van der Waals surface area contributed by atoms with Crippen LogP contribution < -0.4 is 5.32 Å². The van der Waals surface area contributed by atoms with Crippen LogP contribution in [-0.4, -0.2) is 61.5 Å². The van der Waals surface area contributed by atoms with Gasteiger partial charge in [-0.05, 0) is 44.3 Å². The fraction of sp³-hybridized carbons (Fsp3) is 0.632. The van der Waals surface area contributed by atoms with Crippen LogP contribution >= 0.6 is 24.8 Å². The van der Waals surface area contributed by atoms with E-state index >= 15 is 0 Å². The lowest BCUT2D eigenvalue weighted by atomic mass is 9.98. The van der Waals surface area contributed by atoms with Gasteiger partial charge in [0, 0.05) is 38.6 Å². The van der Waals surface area contributed by atoms with Crippen molar-refractivity contribution in [2.24, 2.45) is 5.92 Å². The largest absolute Gasteiger partial charge is 0.340 e. The quantitative estimate of drug-likeness (QED) is 0.862. The van der Waals surface area contributed by atoms with Gasteiger partial charge in [0.05, 0.1) is 0 Å². The molecule has 142 valence electrons. The molecule has 0 spiro atoms. The molecule has 0 radical (unpaired) electrons. The summed E-state index contributed by atoms with van der Waals surface area (Å²) in [4.78, 5) is 17.3. The first kappa shape index (κ1) is 22.2. The Balaban J connectivity index is 0.00000156. The zero-order valence-electron chi connectivity index (χ0n) is 14.9. The van der Waals surface area contributed by atoms with E-state index < -0.39 is 0 Å². The summed E-state index contributed by atoms with van der Waals surface area (Å²) in [5, 5.41) is 3.40. The van der Waals surface area contributed by atoms with Crippen molar-refractivity contribution < 1.29 is 4.79 Å². The van der Waals surface area contributed by atoms with Gasteiger partial charge in [0.1, 0.15) is 0 Å². The van der Waals surface area contributed by atoms with Crippen LogP contribution in [0.3, 0.4) is 0 Å². The Kier molecular flexibility index (Phi) is 10.4. The van der Waals surface area contributed by atoms with E-state index in [-0.39, 0.29) is 30.7 Å². The van der Waals surface area contributed by atoms with E-state index in [4.69, 9.17) is 0 Å². The smallest absolute Gasteiger partial charge is 0.225 e. The molecule has 4 nitrogen and oxygen atoms in total. The summed E-state index contributed by atoms with van der Waals surface area (Å²) in [5.41, 5.74) is 1.40. The Hall–Kier alpha value is -0.810. The topological polar surface area (TPSA) is 35.6 Å². The summed E-state index contributed by atoms with van der Waals surface area (Å²) in [6.45, 7) is 6.99. The van der Waals surface area contributed by atoms with Crippen LogP contribution in [0.25, 0.3) is 0 Å². The zero-order chi connectivity index (χ0) is 15.9. The molecule has 2 saturated heterocycles. The van der Waals surface area contributed by atoms with Crippen LogP contribution in [0.15, 0.2) is 30.3 Å². The van der Waals surface area contributed by atoms with E-state index in [9.17, 15) is 4.79 Å². The maximum Gasteiger partial charge on any atom is 0.225 e. The highest BCUT2D eigenvalue weighted by atomic mass is 35.5. The highest BCUT2D eigenvalue weighted by Gasteiger charge is 2.27. The van der Waals surface area contributed by atoms with E-state index in [1.165, 1.54) is 5.56 Å². The number of carbonyl (C=O) groups is 1. The highest BCUT2D eigenvalue weighted by molar-refractivity contribution is 5.85. The lowest BCUT2D eigenvalue weighted by Crippen LogP contribution is -2.50. The average Bonchev–Trinajstić information content (AvgIpc) is 2.90.